The van der Waals surface area contributed by atoms with Gasteiger partial charge in [-0.15, -0.1) is 0 Å². The number of hydrogen-bond acceptors (Lipinski definition) is 10. The van der Waals surface area contributed by atoms with Gasteiger partial charge in [0.1, 0.15) is 23.5 Å². The van der Waals surface area contributed by atoms with Crippen molar-refractivity contribution in [3.8, 4) is 29.1 Å². The number of carbonyl (C=O) groups excluding carboxylic acids is 2. The van der Waals surface area contributed by atoms with Crippen LogP contribution in [0.15, 0.2) is 70.9 Å². The number of aliphatic imine (C=N–C) groups is 1. The van der Waals surface area contributed by atoms with Gasteiger partial charge in [0.15, 0.2) is 11.5 Å². The van der Waals surface area contributed by atoms with Crippen LogP contribution in [0.2, 0.25) is 0 Å². The lowest BCUT2D eigenvalue weighted by atomic mass is 9.83. The van der Waals surface area contributed by atoms with Crippen LogP contribution in [0.1, 0.15) is 92.9 Å². The number of aromatic nitrogens is 1. The van der Waals surface area contributed by atoms with Crippen LogP contribution >= 0.6 is 0 Å². The minimum absolute atomic E-state index is 0.0376. The molecule has 274 valence electrons. The molecule has 1 aromatic heterocycles. The quantitative estimate of drug-likeness (QED) is 0.154. The molecule has 0 spiro atoms. The Hall–Kier alpha value is -5.14. The molecular formula is C42H50N4O6. The number of phenolic OH excluding ortho intramolecular Hbond substituents is 2. The first kappa shape index (κ1) is 38.1. The monoisotopic (exact) mass is 706 g/mol. The van der Waals surface area contributed by atoms with Crippen LogP contribution in [0.5, 0.6) is 17.2 Å². The van der Waals surface area contributed by atoms with E-state index in [0.717, 1.165) is 42.4 Å². The van der Waals surface area contributed by atoms with Crippen LogP contribution in [0.25, 0.3) is 0 Å². The van der Waals surface area contributed by atoms with Crippen LogP contribution in [0, 0.1) is 17.8 Å². The number of ketones is 1. The van der Waals surface area contributed by atoms with E-state index in [0.29, 0.717) is 42.6 Å². The maximum Gasteiger partial charge on any atom is 0.302 e. The Kier molecular flexibility index (Phi) is 13.5. The van der Waals surface area contributed by atoms with E-state index in [4.69, 9.17) is 9.47 Å². The molecule has 3 heterocycles. The summed E-state index contributed by atoms with van der Waals surface area (Å²) in [4.78, 5) is 35.2. The summed E-state index contributed by atoms with van der Waals surface area (Å²) in [6.45, 7) is 4.84. The molecule has 5 rings (SSSR count). The Morgan fingerprint density at radius 2 is 1.87 bits per heavy atom. The number of anilines is 1. The number of nitrogens with zero attached hydrogens (tertiary/aromatic N) is 2. The van der Waals surface area contributed by atoms with Crippen molar-refractivity contribution in [3.63, 3.8) is 0 Å². The Bertz CT molecular complexity index is 1860. The molecule has 2 aromatic carbocycles. The first-order chi connectivity index (χ1) is 25.2. The second-order valence-electron chi connectivity index (χ2n) is 13.6. The van der Waals surface area contributed by atoms with Crippen LogP contribution in [-0.2, 0) is 20.9 Å². The zero-order chi connectivity index (χ0) is 37.0. The lowest BCUT2D eigenvalue weighted by Crippen LogP contribution is -2.22. The van der Waals surface area contributed by atoms with Gasteiger partial charge in [-0.1, -0.05) is 37.3 Å². The van der Waals surface area contributed by atoms with Gasteiger partial charge in [-0.3, -0.25) is 14.6 Å². The molecule has 4 N–H and O–H groups in total. The van der Waals surface area contributed by atoms with Crippen molar-refractivity contribution in [2.45, 2.75) is 83.3 Å². The van der Waals surface area contributed by atoms with E-state index in [1.807, 2.05) is 42.6 Å². The van der Waals surface area contributed by atoms with E-state index in [-0.39, 0.29) is 42.6 Å². The smallest absolute Gasteiger partial charge is 0.302 e. The molecular weight excluding hydrogens is 656 g/mol. The first-order valence-electron chi connectivity index (χ1n) is 18.1. The van der Waals surface area contributed by atoms with Gasteiger partial charge < -0.3 is 30.3 Å². The second kappa shape index (κ2) is 18.4. The predicted molar refractivity (Wildman–Crippen MR) is 203 cm³/mol. The van der Waals surface area contributed by atoms with Gasteiger partial charge in [-0.2, -0.15) is 0 Å². The van der Waals surface area contributed by atoms with E-state index in [2.05, 4.69) is 39.4 Å². The van der Waals surface area contributed by atoms with E-state index >= 15 is 0 Å². The van der Waals surface area contributed by atoms with Crippen molar-refractivity contribution in [3.05, 3.63) is 88.1 Å². The average molecular weight is 707 g/mol. The molecule has 0 aliphatic carbocycles. The third-order valence-electron chi connectivity index (χ3n) is 9.90. The third-order valence-corrected chi connectivity index (χ3v) is 9.90. The van der Waals surface area contributed by atoms with Gasteiger partial charge in [-0.05, 0) is 103 Å². The molecule has 0 radical (unpaired) electrons. The molecule has 4 unspecified atom stereocenters. The molecule has 3 aromatic rings. The van der Waals surface area contributed by atoms with Gasteiger partial charge in [0.2, 0.25) is 0 Å². The summed E-state index contributed by atoms with van der Waals surface area (Å²) in [6, 6.07) is 15.0. The molecule has 0 saturated heterocycles. The molecule has 4 atom stereocenters. The maximum absolute atomic E-state index is 13.7. The SMILES string of the molecule is CCC1CCC(OC(C)=O)CC(=O)CC(c2cc(CNC)c(O)c(OC)c2)C#CCNc2cc(ccn2)C(c2cccc(O)c2)CC2=C(C=NC2)C1. The van der Waals surface area contributed by atoms with Gasteiger partial charge >= 0.3 is 5.97 Å². The van der Waals surface area contributed by atoms with Crippen molar-refractivity contribution in [1.29, 1.82) is 0 Å². The molecule has 10 nitrogen and oxygen atoms in total. The van der Waals surface area contributed by atoms with Crippen LogP contribution < -0.4 is 15.4 Å². The fourth-order valence-electron chi connectivity index (χ4n) is 7.15. The zero-order valence-corrected chi connectivity index (χ0v) is 30.6. The van der Waals surface area contributed by atoms with Crippen LogP contribution in [0.3, 0.4) is 0 Å². The molecule has 2 aliphatic rings. The molecule has 0 amide bonds. The number of methoxy groups -OCH3 is 1. The summed E-state index contributed by atoms with van der Waals surface area (Å²) < 4.78 is 11.2. The molecule has 0 saturated carbocycles. The number of rotatable bonds is 7. The highest BCUT2D eigenvalue weighted by molar-refractivity contribution is 5.83. The van der Waals surface area contributed by atoms with Gasteiger partial charge in [0.05, 0.1) is 26.1 Å². The van der Waals surface area contributed by atoms with Crippen molar-refractivity contribution < 1.29 is 29.3 Å². The summed E-state index contributed by atoms with van der Waals surface area (Å²) in [5.74, 6) is 7.01. The van der Waals surface area contributed by atoms with Gasteiger partial charge in [0, 0.05) is 50.2 Å². The fourth-order valence-corrected chi connectivity index (χ4v) is 7.15. The lowest BCUT2D eigenvalue weighted by molar-refractivity contribution is -0.148. The third kappa shape index (κ3) is 10.2. The van der Waals surface area contributed by atoms with Crippen molar-refractivity contribution in [1.82, 2.24) is 10.3 Å². The number of fused-ring (bicyclic) bond motifs is 2. The molecule has 52 heavy (non-hydrogen) atoms. The van der Waals surface area contributed by atoms with Gasteiger partial charge in [0.25, 0.3) is 0 Å². The number of nitrogens with one attached hydrogen (secondary N) is 2. The summed E-state index contributed by atoms with van der Waals surface area (Å²) in [5, 5.41) is 27.6. The second-order valence-corrected chi connectivity index (χ2v) is 13.6. The van der Waals surface area contributed by atoms with Crippen LogP contribution in [0.4, 0.5) is 5.82 Å². The molecule has 10 heteroatoms. The largest absolute Gasteiger partial charge is 0.508 e. The summed E-state index contributed by atoms with van der Waals surface area (Å²) in [5.41, 5.74) is 5.92. The minimum atomic E-state index is -0.550. The van der Waals surface area contributed by atoms with Crippen molar-refractivity contribution in [2.24, 2.45) is 10.9 Å². The number of Topliss-reactive ketones (excluding diaryl/α,β-unsaturated/α-hetero) is 1. The topological polar surface area (TPSA) is 142 Å². The first-order valence-corrected chi connectivity index (χ1v) is 18.1. The number of ether oxygens (including phenoxy) is 2. The average Bonchev–Trinajstić information content (AvgIpc) is 3.56. The van der Waals surface area contributed by atoms with E-state index in [1.54, 1.807) is 25.4 Å². The highest BCUT2D eigenvalue weighted by Crippen LogP contribution is 2.38. The van der Waals surface area contributed by atoms with E-state index in [9.17, 15) is 19.8 Å². The zero-order valence-electron chi connectivity index (χ0n) is 30.6. The Morgan fingerprint density at radius 1 is 1.04 bits per heavy atom. The van der Waals surface area contributed by atoms with Gasteiger partial charge in [-0.25, -0.2) is 4.98 Å². The summed E-state index contributed by atoms with van der Waals surface area (Å²) >= 11 is 0. The Balaban J connectivity index is 1.54. The normalized spacial score (nSPS) is 21.3. The fraction of sp³-hybridized carbons (Fsp3) is 0.429. The lowest BCUT2D eigenvalue weighted by Gasteiger charge is -2.23. The van der Waals surface area contributed by atoms with Crippen LogP contribution in [-0.4, -0.2) is 66.5 Å². The van der Waals surface area contributed by atoms with E-state index in [1.165, 1.54) is 25.2 Å². The highest BCUT2D eigenvalue weighted by Gasteiger charge is 2.26. The molecule has 2 bridgehead atoms. The highest BCUT2D eigenvalue weighted by atomic mass is 16.5. The van der Waals surface area contributed by atoms with E-state index < -0.39 is 18.0 Å². The van der Waals surface area contributed by atoms with Crippen molar-refractivity contribution >= 4 is 23.8 Å². The molecule has 2 aliphatic heterocycles. The summed E-state index contributed by atoms with van der Waals surface area (Å²) in [7, 11) is 3.28. The number of aromatic hydroxyl groups is 2. The number of hydrogen-bond donors (Lipinski definition) is 4. The number of carbonyl (C=O) groups is 2. The number of benzene rings is 2. The number of phenols is 2. The Morgan fingerprint density at radius 3 is 2.62 bits per heavy atom. The minimum Gasteiger partial charge on any atom is -0.508 e. The number of pyridine rings is 1. The molecule has 0 fully saturated rings. The number of esters is 1. The number of allylic oxidation sites excluding steroid dienone is 1. The van der Waals surface area contributed by atoms with Crippen molar-refractivity contribution in [2.75, 3.05) is 32.6 Å². The maximum atomic E-state index is 13.7. The predicted octanol–water partition coefficient (Wildman–Crippen LogP) is 6.81. The standard InChI is InChI=1S/C42H50N4O6/c1-5-28-11-12-38(52-27(2)47)23-37(49)18-29(32-17-35(24-43-3)42(50)40(21-32)51-4)9-7-14-45-41-22-31(13-15-46-41)39(30-8-6-10-36(48)19-30)20-34-26-44-25-33(34)16-28/h6,8,10,13,15,17,19,21-22,25,28-29,38-39,43,48,50H,5,11-12,14,16,18,20,23-24,26H2,1-4H3,(H,45,46). The Labute approximate surface area is 306 Å². The summed E-state index contributed by atoms with van der Waals surface area (Å²) in [6.07, 6.45) is 7.26.